The summed E-state index contributed by atoms with van der Waals surface area (Å²) in [7, 11) is -5.16. The van der Waals surface area contributed by atoms with Crippen LogP contribution >= 0.6 is 7.82 Å². The van der Waals surface area contributed by atoms with Crippen LogP contribution in [0.4, 0.5) is 0 Å². The van der Waals surface area contributed by atoms with Gasteiger partial charge in [0.2, 0.25) is 0 Å². The fraction of sp³-hybridized carbons (Fsp3) is 0.608. The Kier molecular flexibility index (Phi) is 36.2. The molecule has 1 fully saturated rings. The summed E-state index contributed by atoms with van der Waals surface area (Å²) in [5.41, 5.74) is 0. The maximum atomic E-state index is 12.8. The molecule has 0 radical (unpaired) electrons. The van der Waals surface area contributed by atoms with E-state index < -0.39 is 81.8 Å². The maximum Gasteiger partial charge on any atom is 0.472 e. The molecule has 9 atom stereocenters. The second-order valence-electron chi connectivity index (χ2n) is 16.0. The number of ether oxygens (including phenoxy) is 2. The van der Waals surface area contributed by atoms with E-state index in [-0.39, 0.29) is 12.8 Å². The Morgan fingerprint density at radius 3 is 1.61 bits per heavy atom. The molecule has 4 unspecified atom stereocenters. The number of aliphatic hydroxyl groups excluding tert-OH is 6. The van der Waals surface area contributed by atoms with Crippen molar-refractivity contribution < 1.29 is 68.2 Å². The summed E-state index contributed by atoms with van der Waals surface area (Å²) < 4.78 is 33.5. The number of hydrogen-bond donors (Lipinski definition) is 7. The lowest BCUT2D eigenvalue weighted by Gasteiger charge is -2.41. The van der Waals surface area contributed by atoms with Crippen LogP contribution in [0.3, 0.4) is 0 Å². The Morgan fingerprint density at radius 1 is 0.545 bits per heavy atom. The van der Waals surface area contributed by atoms with Gasteiger partial charge in [-0.25, -0.2) is 4.57 Å². The zero-order chi connectivity index (χ0) is 48.7. The van der Waals surface area contributed by atoms with Crippen molar-refractivity contribution in [1.82, 2.24) is 0 Å². The summed E-state index contributed by atoms with van der Waals surface area (Å²) in [6.45, 7) is 2.88. The maximum absolute atomic E-state index is 12.8. The summed E-state index contributed by atoms with van der Waals surface area (Å²) in [4.78, 5) is 35.7. The van der Waals surface area contributed by atoms with Gasteiger partial charge >= 0.3 is 19.8 Å². The van der Waals surface area contributed by atoms with Crippen LogP contribution < -0.4 is 0 Å². The lowest BCUT2D eigenvalue weighted by atomic mass is 9.85. The number of carbonyl (C=O) groups is 2. The van der Waals surface area contributed by atoms with E-state index in [2.05, 4.69) is 55.5 Å². The minimum atomic E-state index is -5.16. The number of phosphoric ester groups is 1. The van der Waals surface area contributed by atoms with Crippen molar-refractivity contribution in [1.29, 1.82) is 0 Å². The van der Waals surface area contributed by atoms with Gasteiger partial charge in [-0.3, -0.25) is 18.6 Å². The first-order chi connectivity index (χ1) is 31.8. The first-order valence-corrected chi connectivity index (χ1v) is 25.3. The molecule has 0 saturated heterocycles. The number of hydrogen-bond acceptors (Lipinski definition) is 13. The number of allylic oxidation sites excluding steroid dienone is 16. The third-order valence-corrected chi connectivity index (χ3v) is 11.2. The number of phosphoric acid groups is 1. The topological polar surface area (TPSA) is 230 Å². The van der Waals surface area contributed by atoms with Crippen molar-refractivity contribution in [2.75, 3.05) is 13.2 Å². The average molecular weight is 949 g/mol. The van der Waals surface area contributed by atoms with Crippen molar-refractivity contribution in [2.45, 2.75) is 185 Å². The molecule has 14 nitrogen and oxygen atoms in total. The molecular weight excluding hydrogens is 868 g/mol. The highest BCUT2D eigenvalue weighted by Crippen LogP contribution is 2.47. The molecule has 1 aliphatic rings. The zero-order valence-electron chi connectivity index (χ0n) is 39.3. The molecule has 15 heteroatoms. The van der Waals surface area contributed by atoms with Crippen molar-refractivity contribution >= 4 is 19.8 Å². The minimum absolute atomic E-state index is 0.00977. The van der Waals surface area contributed by atoms with Crippen LogP contribution in [-0.4, -0.2) is 110 Å². The quantitative estimate of drug-likeness (QED) is 0.0102. The molecular formula is C51H81O14P. The predicted octanol–water partition coefficient (Wildman–Crippen LogP) is 8.58. The third kappa shape index (κ3) is 31.4. The molecule has 1 aliphatic carbocycles. The van der Waals surface area contributed by atoms with Gasteiger partial charge in [-0.1, -0.05) is 149 Å². The molecule has 7 N–H and O–H groups in total. The summed E-state index contributed by atoms with van der Waals surface area (Å²) in [6, 6.07) is 0. The number of carbonyl (C=O) groups excluding carboxylic acids is 2. The van der Waals surface area contributed by atoms with E-state index in [1.165, 1.54) is 0 Å². The molecule has 66 heavy (non-hydrogen) atoms. The Labute approximate surface area is 394 Å². The predicted molar refractivity (Wildman–Crippen MR) is 259 cm³/mol. The largest absolute Gasteiger partial charge is 0.472 e. The molecule has 374 valence electrons. The number of aliphatic hydroxyl groups is 6. The molecule has 0 heterocycles. The second-order valence-corrected chi connectivity index (χ2v) is 17.5. The molecule has 0 aromatic heterocycles. The standard InChI is InChI=1S/C51H81O14P/c1-3-5-7-8-9-10-11-12-13-14-15-16-17-18-22-25-28-31-34-38-44(53)62-40-43(41-63-66(60,61)65-51-49(58)47(56)46(55)48(57)50(51)59)64-45(54)39-35-32-29-26-23-20-19-21-24-27-30-33-37-42(52)36-6-4-2/h5-7,9-10,12-13,15-16,19-20,24,26-27,29-30,33,36,42-43,46-52,55-59H,3-4,8,11,14,17-18,21-23,25,28,31-32,34-35,37-41H2,1-2H3,(H,60,61)/b7-5-,10-9-,13-12-,16-15-,20-19-,27-24-,29-26-,33-30+,36-6-/t42?,43-,46?,47-,48+,49-,50-,51?/m1/s1. The Hall–Kier alpha value is -3.53. The average Bonchev–Trinajstić information content (AvgIpc) is 3.30. The fourth-order valence-electron chi connectivity index (χ4n) is 6.39. The second kappa shape index (κ2) is 39.5. The van der Waals surface area contributed by atoms with E-state index in [0.717, 1.165) is 77.0 Å². The third-order valence-electron chi connectivity index (χ3n) is 10.2. The molecule has 1 rings (SSSR count). The molecule has 1 saturated carbocycles. The number of rotatable bonds is 37. The van der Waals surface area contributed by atoms with Gasteiger partial charge in [-0.15, -0.1) is 0 Å². The summed E-state index contributed by atoms with van der Waals surface area (Å²) in [6.07, 6.45) is 37.6. The molecule has 0 bridgehead atoms. The van der Waals surface area contributed by atoms with Crippen LogP contribution in [0.1, 0.15) is 136 Å². The van der Waals surface area contributed by atoms with Gasteiger partial charge in [0.1, 0.15) is 43.2 Å². The summed E-state index contributed by atoms with van der Waals surface area (Å²) in [5.74, 6) is -1.22. The van der Waals surface area contributed by atoms with E-state index in [9.17, 15) is 49.7 Å². The Balaban J connectivity index is 2.51. The highest BCUT2D eigenvalue weighted by molar-refractivity contribution is 7.47. The smallest absolute Gasteiger partial charge is 0.462 e. The normalized spacial score (nSPS) is 22.7. The number of esters is 2. The van der Waals surface area contributed by atoms with Crippen molar-refractivity contribution in [2.24, 2.45) is 0 Å². The SMILES string of the molecule is CC/C=C\C/C=C\C/C=C\C/C=C\CCCCCCCCC(=O)OC[C@H](COP(=O)(O)OC1[C@H](O)[C@H](O)C(O)[C@H](O)[C@H]1O)OC(=O)CCC/C=C\C/C=C\C/C=C\C=C\CC(O)/C=C\CC. The van der Waals surface area contributed by atoms with Crippen molar-refractivity contribution in [3.8, 4) is 0 Å². The molecule has 0 aliphatic heterocycles. The van der Waals surface area contributed by atoms with Gasteiger partial charge in [0.05, 0.1) is 12.7 Å². The van der Waals surface area contributed by atoms with E-state index in [1.54, 1.807) is 6.08 Å². The van der Waals surface area contributed by atoms with Crippen LogP contribution in [0, 0.1) is 0 Å². The van der Waals surface area contributed by atoms with E-state index >= 15 is 0 Å². The molecule has 0 spiro atoms. The van der Waals surface area contributed by atoms with Crippen molar-refractivity contribution in [3.63, 3.8) is 0 Å². The number of unbranched alkanes of at least 4 members (excludes halogenated alkanes) is 7. The first-order valence-electron chi connectivity index (χ1n) is 23.8. The summed E-state index contributed by atoms with van der Waals surface area (Å²) >= 11 is 0. The first kappa shape index (κ1) is 60.5. The monoisotopic (exact) mass is 949 g/mol. The minimum Gasteiger partial charge on any atom is -0.462 e. The van der Waals surface area contributed by atoms with Gasteiger partial charge in [0, 0.05) is 12.8 Å². The van der Waals surface area contributed by atoms with Crippen LogP contribution in [-0.2, 0) is 32.7 Å². The molecule has 0 amide bonds. The van der Waals surface area contributed by atoms with E-state index in [4.69, 9.17) is 18.5 Å². The van der Waals surface area contributed by atoms with Gasteiger partial charge in [-0.2, -0.15) is 0 Å². The van der Waals surface area contributed by atoms with Crippen LogP contribution in [0.25, 0.3) is 0 Å². The lowest BCUT2D eigenvalue weighted by molar-refractivity contribution is -0.220. The molecule has 0 aromatic carbocycles. The Bertz CT molecular complexity index is 1580. The van der Waals surface area contributed by atoms with Crippen LogP contribution in [0.2, 0.25) is 0 Å². The Morgan fingerprint density at radius 2 is 1.02 bits per heavy atom. The molecule has 0 aromatic rings. The fourth-order valence-corrected chi connectivity index (χ4v) is 7.36. The zero-order valence-corrected chi connectivity index (χ0v) is 40.2. The van der Waals surface area contributed by atoms with E-state index in [0.29, 0.717) is 32.1 Å². The van der Waals surface area contributed by atoms with Crippen molar-refractivity contribution in [3.05, 3.63) is 109 Å². The van der Waals surface area contributed by atoms with Gasteiger partial charge in [-0.05, 0) is 83.5 Å². The highest BCUT2D eigenvalue weighted by atomic mass is 31.2. The van der Waals surface area contributed by atoms with Gasteiger partial charge in [0.15, 0.2) is 6.10 Å². The van der Waals surface area contributed by atoms with Crippen LogP contribution in [0.5, 0.6) is 0 Å². The summed E-state index contributed by atoms with van der Waals surface area (Å²) in [5, 5.41) is 60.0. The van der Waals surface area contributed by atoms with E-state index in [1.807, 2.05) is 61.6 Å². The lowest BCUT2D eigenvalue weighted by Crippen LogP contribution is -2.64. The van der Waals surface area contributed by atoms with Gasteiger partial charge < -0.3 is 45.0 Å². The van der Waals surface area contributed by atoms with Gasteiger partial charge in [0.25, 0.3) is 0 Å². The highest BCUT2D eigenvalue weighted by Gasteiger charge is 2.51. The van der Waals surface area contributed by atoms with Crippen LogP contribution in [0.15, 0.2) is 109 Å².